The third kappa shape index (κ3) is 5.06. The largest absolute Gasteiger partial charge is 0.493 e. The maximum absolute atomic E-state index is 13.0. The molecule has 1 aromatic carbocycles. The molecule has 1 aliphatic rings. The number of hydrogen-bond acceptors (Lipinski definition) is 8. The standard InChI is InChI=1S/C23H28N6O4/c1-15-11-21(27-23(25-15)29-8-7-24-14-29)28-9-10-33-20(13-28)22(30)26-16(2)17-5-6-18(31-3)19(12-17)32-4/h5-8,11-12,14,16,20H,9-10,13H2,1-4H3,(H,26,30). The number of carbonyl (C=O) groups excluding carboxylic acids is 1. The Morgan fingerprint density at radius 2 is 2.03 bits per heavy atom. The van der Waals surface area contributed by atoms with Crippen LogP contribution in [-0.2, 0) is 9.53 Å². The fraction of sp³-hybridized carbons (Fsp3) is 0.391. The lowest BCUT2D eigenvalue weighted by Crippen LogP contribution is -2.50. The topological polar surface area (TPSA) is 104 Å². The Hall–Kier alpha value is -3.66. The van der Waals surface area contributed by atoms with E-state index in [1.807, 2.05) is 43.0 Å². The second kappa shape index (κ2) is 9.86. The fourth-order valence-corrected chi connectivity index (χ4v) is 3.72. The monoisotopic (exact) mass is 452 g/mol. The molecule has 4 rings (SSSR count). The number of methoxy groups -OCH3 is 2. The summed E-state index contributed by atoms with van der Waals surface area (Å²) in [5.41, 5.74) is 1.74. The van der Waals surface area contributed by atoms with E-state index in [0.717, 1.165) is 17.1 Å². The molecule has 1 amide bonds. The molecule has 1 aliphatic heterocycles. The van der Waals surface area contributed by atoms with Gasteiger partial charge < -0.3 is 24.4 Å². The summed E-state index contributed by atoms with van der Waals surface area (Å²) in [7, 11) is 3.18. The fourth-order valence-electron chi connectivity index (χ4n) is 3.72. The number of amides is 1. The third-order valence-corrected chi connectivity index (χ3v) is 5.51. The molecule has 0 spiro atoms. The number of aryl methyl sites for hydroxylation is 1. The normalized spacial score (nSPS) is 16.8. The zero-order valence-corrected chi connectivity index (χ0v) is 19.2. The van der Waals surface area contributed by atoms with E-state index >= 15 is 0 Å². The van der Waals surface area contributed by atoms with Crippen molar-refractivity contribution in [2.24, 2.45) is 0 Å². The Morgan fingerprint density at radius 3 is 2.76 bits per heavy atom. The minimum Gasteiger partial charge on any atom is -0.493 e. The second-order valence-electron chi connectivity index (χ2n) is 7.79. The summed E-state index contributed by atoms with van der Waals surface area (Å²) in [6.07, 6.45) is 4.52. The number of morpholine rings is 1. The van der Waals surface area contributed by atoms with Gasteiger partial charge in [0.1, 0.15) is 12.1 Å². The van der Waals surface area contributed by atoms with Gasteiger partial charge in [-0.2, -0.15) is 4.98 Å². The predicted molar refractivity (Wildman–Crippen MR) is 122 cm³/mol. The van der Waals surface area contributed by atoms with Crippen molar-refractivity contribution in [1.29, 1.82) is 0 Å². The van der Waals surface area contributed by atoms with Crippen LogP contribution in [0.2, 0.25) is 0 Å². The van der Waals surface area contributed by atoms with Gasteiger partial charge in [0.15, 0.2) is 17.6 Å². The molecule has 174 valence electrons. The minimum atomic E-state index is -0.617. The average Bonchev–Trinajstić information content (AvgIpc) is 3.38. The molecule has 0 bridgehead atoms. The first-order chi connectivity index (χ1) is 16.0. The van der Waals surface area contributed by atoms with Crippen LogP contribution in [0.3, 0.4) is 0 Å². The molecular formula is C23H28N6O4. The van der Waals surface area contributed by atoms with Gasteiger partial charge in [-0.1, -0.05) is 6.07 Å². The Kier molecular flexibility index (Phi) is 6.74. The van der Waals surface area contributed by atoms with E-state index in [9.17, 15) is 4.79 Å². The number of ether oxygens (including phenoxy) is 3. The number of imidazole rings is 1. The van der Waals surface area contributed by atoms with E-state index in [4.69, 9.17) is 14.2 Å². The van der Waals surface area contributed by atoms with Crippen LogP contribution in [0.1, 0.15) is 24.2 Å². The highest BCUT2D eigenvalue weighted by Crippen LogP contribution is 2.30. The molecule has 3 heterocycles. The van der Waals surface area contributed by atoms with Gasteiger partial charge in [0, 0.05) is 30.7 Å². The van der Waals surface area contributed by atoms with Crippen molar-refractivity contribution in [2.75, 3.05) is 38.8 Å². The first kappa shape index (κ1) is 22.5. The van der Waals surface area contributed by atoms with E-state index in [2.05, 4.69) is 20.3 Å². The van der Waals surface area contributed by atoms with Crippen molar-refractivity contribution in [1.82, 2.24) is 24.8 Å². The van der Waals surface area contributed by atoms with Crippen molar-refractivity contribution < 1.29 is 19.0 Å². The number of aromatic nitrogens is 4. The molecule has 1 saturated heterocycles. The first-order valence-electron chi connectivity index (χ1n) is 10.7. The van der Waals surface area contributed by atoms with Gasteiger partial charge in [-0.15, -0.1) is 0 Å². The molecule has 0 saturated carbocycles. The number of hydrogen-bond donors (Lipinski definition) is 1. The Morgan fingerprint density at radius 1 is 1.21 bits per heavy atom. The van der Waals surface area contributed by atoms with Crippen molar-refractivity contribution in [3.63, 3.8) is 0 Å². The molecule has 10 heteroatoms. The highest BCUT2D eigenvalue weighted by molar-refractivity contribution is 5.82. The number of carbonyl (C=O) groups is 1. The molecule has 3 aromatic rings. The molecule has 2 atom stereocenters. The summed E-state index contributed by atoms with van der Waals surface area (Å²) in [5, 5.41) is 3.04. The highest BCUT2D eigenvalue weighted by Gasteiger charge is 2.29. The number of benzene rings is 1. The summed E-state index contributed by atoms with van der Waals surface area (Å²) in [6.45, 7) is 5.29. The van der Waals surface area contributed by atoms with Gasteiger partial charge in [0.2, 0.25) is 5.95 Å². The van der Waals surface area contributed by atoms with Gasteiger partial charge in [0.25, 0.3) is 5.91 Å². The molecule has 1 N–H and O–H groups in total. The Labute approximate surface area is 192 Å². The van der Waals surface area contributed by atoms with Crippen LogP contribution < -0.4 is 19.7 Å². The van der Waals surface area contributed by atoms with Crippen molar-refractivity contribution >= 4 is 11.7 Å². The third-order valence-electron chi connectivity index (χ3n) is 5.51. The molecular weight excluding hydrogens is 424 g/mol. The molecule has 0 aliphatic carbocycles. The smallest absolute Gasteiger partial charge is 0.251 e. The maximum atomic E-state index is 13.0. The average molecular weight is 453 g/mol. The van der Waals surface area contributed by atoms with Crippen LogP contribution in [0.4, 0.5) is 5.82 Å². The van der Waals surface area contributed by atoms with E-state index in [-0.39, 0.29) is 11.9 Å². The van der Waals surface area contributed by atoms with Crippen LogP contribution in [0.5, 0.6) is 11.5 Å². The van der Waals surface area contributed by atoms with Gasteiger partial charge in [-0.3, -0.25) is 9.36 Å². The summed E-state index contributed by atoms with van der Waals surface area (Å²) in [4.78, 5) is 28.2. The molecule has 10 nitrogen and oxygen atoms in total. The minimum absolute atomic E-state index is 0.178. The van der Waals surface area contributed by atoms with Crippen LogP contribution >= 0.6 is 0 Å². The number of nitrogens with one attached hydrogen (secondary N) is 1. The molecule has 2 aromatic heterocycles. The molecule has 2 unspecified atom stereocenters. The second-order valence-corrected chi connectivity index (χ2v) is 7.79. The number of rotatable bonds is 7. The van der Waals surface area contributed by atoms with Crippen molar-refractivity contribution in [2.45, 2.75) is 26.0 Å². The van der Waals surface area contributed by atoms with Crippen LogP contribution in [0, 0.1) is 6.92 Å². The molecule has 1 fully saturated rings. The highest BCUT2D eigenvalue weighted by atomic mass is 16.5. The van der Waals surface area contributed by atoms with E-state index < -0.39 is 6.10 Å². The van der Waals surface area contributed by atoms with Gasteiger partial charge >= 0.3 is 0 Å². The molecule has 0 radical (unpaired) electrons. The maximum Gasteiger partial charge on any atom is 0.251 e. The lowest BCUT2D eigenvalue weighted by atomic mass is 10.1. The summed E-state index contributed by atoms with van der Waals surface area (Å²) >= 11 is 0. The summed E-state index contributed by atoms with van der Waals surface area (Å²) < 4.78 is 18.2. The Balaban J connectivity index is 1.45. The number of nitrogens with zero attached hydrogens (tertiary/aromatic N) is 5. The van der Waals surface area contributed by atoms with E-state index in [1.165, 1.54) is 0 Å². The van der Waals surface area contributed by atoms with Gasteiger partial charge in [-0.25, -0.2) is 9.97 Å². The predicted octanol–water partition coefficient (Wildman–Crippen LogP) is 2.07. The molecule has 33 heavy (non-hydrogen) atoms. The summed E-state index contributed by atoms with van der Waals surface area (Å²) in [5.74, 6) is 2.37. The van der Waals surface area contributed by atoms with Crippen LogP contribution in [-0.4, -0.2) is 65.4 Å². The van der Waals surface area contributed by atoms with Crippen LogP contribution in [0.15, 0.2) is 43.0 Å². The van der Waals surface area contributed by atoms with Crippen molar-refractivity contribution in [3.05, 3.63) is 54.2 Å². The zero-order valence-electron chi connectivity index (χ0n) is 19.2. The number of anilines is 1. The van der Waals surface area contributed by atoms with E-state index in [1.54, 1.807) is 37.5 Å². The van der Waals surface area contributed by atoms with Crippen LogP contribution in [0.25, 0.3) is 5.95 Å². The quantitative estimate of drug-likeness (QED) is 0.581. The lowest BCUT2D eigenvalue weighted by molar-refractivity contribution is -0.134. The Bertz CT molecular complexity index is 1100. The SMILES string of the molecule is COc1ccc(C(C)NC(=O)C2CN(c3cc(C)nc(-n4ccnc4)n3)CCO2)cc1OC. The first-order valence-corrected chi connectivity index (χ1v) is 10.7. The van der Waals surface area contributed by atoms with Crippen molar-refractivity contribution in [3.8, 4) is 17.4 Å². The zero-order chi connectivity index (χ0) is 23.4. The van der Waals surface area contributed by atoms with Gasteiger partial charge in [0.05, 0.1) is 33.4 Å². The summed E-state index contributed by atoms with van der Waals surface area (Å²) in [6, 6.07) is 7.27. The lowest BCUT2D eigenvalue weighted by Gasteiger charge is -2.33. The van der Waals surface area contributed by atoms with E-state index in [0.29, 0.717) is 37.1 Å². The van der Waals surface area contributed by atoms with Gasteiger partial charge in [-0.05, 0) is 31.5 Å².